The molecule has 9 heteroatoms. The van der Waals surface area contributed by atoms with Crippen molar-refractivity contribution in [1.82, 2.24) is 34.7 Å². The number of nitrogens with one attached hydrogen (secondary N) is 1. The van der Waals surface area contributed by atoms with Crippen molar-refractivity contribution in [3.63, 3.8) is 0 Å². The quantitative estimate of drug-likeness (QED) is 0.654. The summed E-state index contributed by atoms with van der Waals surface area (Å²) in [5.74, 6) is 1.75. The first-order chi connectivity index (χ1) is 13.2. The summed E-state index contributed by atoms with van der Waals surface area (Å²) in [6.07, 6.45) is 8.28. The Balaban J connectivity index is 1.32. The van der Waals surface area contributed by atoms with Gasteiger partial charge in [0.1, 0.15) is 5.82 Å². The number of carbonyl (C=O) groups excluding carboxylic acids is 1. The molecule has 27 heavy (non-hydrogen) atoms. The minimum absolute atomic E-state index is 0.00787. The minimum atomic E-state index is -0.00787. The highest BCUT2D eigenvalue weighted by atomic mass is 16.1. The molecule has 1 amide bonds. The second-order valence-electron chi connectivity index (χ2n) is 6.94. The summed E-state index contributed by atoms with van der Waals surface area (Å²) < 4.78 is 3.76. The number of imidazole rings is 1. The Morgan fingerprint density at radius 1 is 1.33 bits per heavy atom. The molecule has 1 atom stereocenters. The van der Waals surface area contributed by atoms with Crippen molar-refractivity contribution in [2.75, 3.05) is 24.5 Å². The van der Waals surface area contributed by atoms with Crippen LogP contribution in [-0.2, 0) is 11.3 Å². The van der Waals surface area contributed by atoms with Crippen molar-refractivity contribution in [2.45, 2.75) is 32.7 Å². The molecule has 3 aromatic heterocycles. The molecule has 0 unspecified atom stereocenters. The standard InChI is InChI=1S/C18H24N8O/c1-14-21-22-16-5-6-17(23-26(14)16)25-10-2-4-15(12-25)18(27)20-7-3-9-24-11-8-19-13-24/h5-6,8,11,13,15H,2-4,7,9-10,12H2,1H3,(H,20,27)/t15-/m1/s1. The van der Waals surface area contributed by atoms with Gasteiger partial charge in [0, 0.05) is 38.6 Å². The second-order valence-corrected chi connectivity index (χ2v) is 6.94. The summed E-state index contributed by atoms with van der Waals surface area (Å²) in [7, 11) is 0. The molecule has 1 fully saturated rings. The maximum absolute atomic E-state index is 12.6. The lowest BCUT2D eigenvalue weighted by Crippen LogP contribution is -2.43. The zero-order valence-electron chi connectivity index (χ0n) is 15.5. The molecule has 0 aliphatic carbocycles. The average molecular weight is 368 g/mol. The molecule has 4 heterocycles. The Morgan fingerprint density at radius 3 is 3.11 bits per heavy atom. The Labute approximate surface area is 157 Å². The first-order valence-corrected chi connectivity index (χ1v) is 9.38. The van der Waals surface area contributed by atoms with E-state index < -0.39 is 0 Å². The molecule has 0 radical (unpaired) electrons. The Kier molecular flexibility index (Phi) is 4.99. The monoisotopic (exact) mass is 368 g/mol. The van der Waals surface area contributed by atoms with Crippen LogP contribution in [0.2, 0.25) is 0 Å². The van der Waals surface area contributed by atoms with Crippen LogP contribution in [-0.4, -0.2) is 54.9 Å². The fourth-order valence-electron chi connectivity index (χ4n) is 3.49. The molecular formula is C18H24N8O. The van der Waals surface area contributed by atoms with Crippen LogP contribution in [0.5, 0.6) is 0 Å². The predicted molar refractivity (Wildman–Crippen MR) is 100 cm³/mol. The largest absolute Gasteiger partial charge is 0.356 e. The van der Waals surface area contributed by atoms with Gasteiger partial charge < -0.3 is 14.8 Å². The van der Waals surface area contributed by atoms with Crippen LogP contribution in [0.25, 0.3) is 5.65 Å². The molecule has 1 N–H and O–H groups in total. The lowest BCUT2D eigenvalue weighted by molar-refractivity contribution is -0.125. The number of hydrogen-bond acceptors (Lipinski definition) is 6. The summed E-state index contributed by atoms with van der Waals surface area (Å²) >= 11 is 0. The van der Waals surface area contributed by atoms with Gasteiger partial charge in [0.15, 0.2) is 11.5 Å². The minimum Gasteiger partial charge on any atom is -0.356 e. The van der Waals surface area contributed by atoms with Crippen LogP contribution in [0.15, 0.2) is 30.9 Å². The maximum atomic E-state index is 12.6. The number of piperidine rings is 1. The van der Waals surface area contributed by atoms with E-state index >= 15 is 0 Å². The first kappa shape index (κ1) is 17.4. The van der Waals surface area contributed by atoms with Gasteiger partial charge in [0.05, 0.1) is 12.2 Å². The van der Waals surface area contributed by atoms with Gasteiger partial charge in [0.25, 0.3) is 0 Å². The van der Waals surface area contributed by atoms with Crippen molar-refractivity contribution in [1.29, 1.82) is 0 Å². The van der Waals surface area contributed by atoms with E-state index in [2.05, 4.69) is 30.5 Å². The molecule has 0 aromatic carbocycles. The normalized spacial score (nSPS) is 17.4. The van der Waals surface area contributed by atoms with Gasteiger partial charge in [-0.05, 0) is 38.3 Å². The molecule has 0 bridgehead atoms. The van der Waals surface area contributed by atoms with Crippen molar-refractivity contribution in [3.05, 3.63) is 36.7 Å². The molecule has 0 saturated carbocycles. The average Bonchev–Trinajstić information content (AvgIpc) is 3.35. The highest BCUT2D eigenvalue weighted by Crippen LogP contribution is 2.22. The van der Waals surface area contributed by atoms with Crippen LogP contribution in [0, 0.1) is 12.8 Å². The van der Waals surface area contributed by atoms with Gasteiger partial charge >= 0.3 is 0 Å². The van der Waals surface area contributed by atoms with Crippen LogP contribution in [0.4, 0.5) is 5.82 Å². The topological polar surface area (TPSA) is 93.2 Å². The van der Waals surface area contributed by atoms with Crippen molar-refractivity contribution < 1.29 is 4.79 Å². The number of anilines is 1. The van der Waals surface area contributed by atoms with Gasteiger partial charge in [0.2, 0.25) is 5.91 Å². The predicted octanol–water partition coefficient (Wildman–Crippen LogP) is 1.05. The van der Waals surface area contributed by atoms with Crippen LogP contribution in [0.3, 0.4) is 0 Å². The Hall–Kier alpha value is -2.97. The molecule has 142 valence electrons. The number of aromatic nitrogens is 6. The first-order valence-electron chi connectivity index (χ1n) is 9.38. The number of fused-ring (bicyclic) bond motifs is 1. The molecule has 1 saturated heterocycles. The van der Waals surface area contributed by atoms with Gasteiger partial charge in [-0.3, -0.25) is 4.79 Å². The fourth-order valence-corrected chi connectivity index (χ4v) is 3.49. The number of aryl methyl sites for hydroxylation is 2. The van der Waals surface area contributed by atoms with Crippen molar-refractivity contribution >= 4 is 17.4 Å². The zero-order valence-corrected chi connectivity index (χ0v) is 15.5. The molecular weight excluding hydrogens is 344 g/mol. The number of hydrogen-bond donors (Lipinski definition) is 1. The van der Waals surface area contributed by atoms with E-state index in [0.717, 1.165) is 49.6 Å². The third-order valence-corrected chi connectivity index (χ3v) is 4.97. The second kappa shape index (κ2) is 7.73. The number of rotatable bonds is 6. The molecule has 3 aromatic rings. The maximum Gasteiger partial charge on any atom is 0.224 e. The van der Waals surface area contributed by atoms with E-state index in [-0.39, 0.29) is 11.8 Å². The van der Waals surface area contributed by atoms with Crippen LogP contribution >= 0.6 is 0 Å². The van der Waals surface area contributed by atoms with E-state index in [0.29, 0.717) is 13.1 Å². The van der Waals surface area contributed by atoms with Crippen molar-refractivity contribution in [2.24, 2.45) is 5.92 Å². The van der Waals surface area contributed by atoms with Crippen LogP contribution < -0.4 is 10.2 Å². The molecule has 1 aliphatic heterocycles. The van der Waals surface area contributed by atoms with Crippen molar-refractivity contribution in [3.8, 4) is 0 Å². The van der Waals surface area contributed by atoms with Crippen LogP contribution in [0.1, 0.15) is 25.1 Å². The smallest absolute Gasteiger partial charge is 0.224 e. The summed E-state index contributed by atoms with van der Waals surface area (Å²) in [4.78, 5) is 18.8. The van der Waals surface area contributed by atoms with E-state index in [9.17, 15) is 4.79 Å². The number of carbonyl (C=O) groups is 1. The SMILES string of the molecule is Cc1nnc2ccc(N3CCC[C@@H](C(=O)NCCCn4ccnc4)C3)nn12. The Morgan fingerprint density at radius 2 is 2.26 bits per heavy atom. The van der Waals surface area contributed by atoms with E-state index in [1.54, 1.807) is 17.0 Å². The zero-order chi connectivity index (χ0) is 18.6. The summed E-state index contributed by atoms with van der Waals surface area (Å²) in [5.41, 5.74) is 0.737. The summed E-state index contributed by atoms with van der Waals surface area (Å²) in [6.45, 7) is 5.01. The number of nitrogens with zero attached hydrogens (tertiary/aromatic N) is 7. The summed E-state index contributed by atoms with van der Waals surface area (Å²) in [5, 5.41) is 15.8. The molecule has 9 nitrogen and oxygen atoms in total. The van der Waals surface area contributed by atoms with Gasteiger partial charge in [-0.25, -0.2) is 4.98 Å². The lowest BCUT2D eigenvalue weighted by Gasteiger charge is -2.32. The van der Waals surface area contributed by atoms with Gasteiger partial charge in [-0.1, -0.05) is 0 Å². The highest BCUT2D eigenvalue weighted by molar-refractivity contribution is 5.79. The highest BCUT2D eigenvalue weighted by Gasteiger charge is 2.26. The van der Waals surface area contributed by atoms with E-state index in [1.165, 1.54) is 0 Å². The van der Waals surface area contributed by atoms with E-state index in [1.807, 2.05) is 29.8 Å². The van der Waals surface area contributed by atoms with E-state index in [4.69, 9.17) is 0 Å². The third kappa shape index (κ3) is 3.91. The van der Waals surface area contributed by atoms with Gasteiger partial charge in [-0.15, -0.1) is 15.3 Å². The lowest BCUT2D eigenvalue weighted by atomic mass is 9.97. The molecule has 0 spiro atoms. The Bertz CT molecular complexity index is 903. The summed E-state index contributed by atoms with van der Waals surface area (Å²) in [6, 6.07) is 3.87. The molecule has 1 aliphatic rings. The number of amides is 1. The van der Waals surface area contributed by atoms with Gasteiger partial charge in [-0.2, -0.15) is 4.52 Å². The third-order valence-electron chi connectivity index (χ3n) is 4.97. The fraction of sp³-hybridized carbons (Fsp3) is 0.500. The molecule has 4 rings (SSSR count).